The molecule has 0 bridgehead atoms. The van der Waals surface area contributed by atoms with Gasteiger partial charge in [-0.15, -0.1) is 0 Å². The predicted molar refractivity (Wildman–Crippen MR) is 84.5 cm³/mol. The van der Waals surface area contributed by atoms with Crippen molar-refractivity contribution in [1.29, 1.82) is 5.26 Å². The van der Waals surface area contributed by atoms with Crippen LogP contribution in [0.3, 0.4) is 0 Å². The largest absolute Gasteiger partial charge is 0.482 e. The first-order valence-electron chi connectivity index (χ1n) is 6.93. The van der Waals surface area contributed by atoms with Crippen molar-refractivity contribution in [3.05, 3.63) is 53.6 Å². The first-order valence-corrected chi connectivity index (χ1v) is 6.93. The van der Waals surface area contributed by atoms with Crippen molar-refractivity contribution in [3.63, 3.8) is 0 Å². The Balaban J connectivity index is 1.82. The van der Waals surface area contributed by atoms with Crippen LogP contribution in [0.25, 0.3) is 0 Å². The maximum Gasteiger partial charge on any atom is 0.264 e. The average molecular weight is 307 g/mol. The van der Waals surface area contributed by atoms with E-state index in [2.05, 4.69) is 5.32 Å². The predicted octanol–water partition coefficient (Wildman–Crippen LogP) is 2.17. The lowest BCUT2D eigenvalue weighted by atomic mass is 10.1. The molecule has 0 spiro atoms. The quantitative estimate of drug-likeness (QED) is 0.921. The molecular formula is C17H13N3O3. The number of hydrogen-bond donors (Lipinski definition) is 1. The van der Waals surface area contributed by atoms with Gasteiger partial charge in [0.2, 0.25) is 0 Å². The summed E-state index contributed by atoms with van der Waals surface area (Å²) >= 11 is 0. The number of ether oxygens (including phenoxy) is 1. The molecule has 0 radical (unpaired) electrons. The van der Waals surface area contributed by atoms with E-state index in [-0.39, 0.29) is 18.4 Å². The van der Waals surface area contributed by atoms with E-state index in [1.807, 2.05) is 6.07 Å². The molecule has 1 aliphatic heterocycles. The lowest BCUT2D eigenvalue weighted by Gasteiger charge is -2.26. The smallest absolute Gasteiger partial charge is 0.264 e. The Morgan fingerprint density at radius 3 is 2.70 bits per heavy atom. The van der Waals surface area contributed by atoms with Gasteiger partial charge in [-0.05, 0) is 42.5 Å². The van der Waals surface area contributed by atoms with Crippen molar-refractivity contribution in [3.8, 4) is 11.8 Å². The third kappa shape index (κ3) is 2.85. The SMILES string of the molecule is CN1C(=O)COc2ccc(C(=O)Nc3ccc(C#N)cc3)cc21. The molecule has 2 aromatic carbocycles. The highest BCUT2D eigenvalue weighted by atomic mass is 16.5. The molecule has 6 nitrogen and oxygen atoms in total. The van der Waals surface area contributed by atoms with Crippen LogP contribution in [-0.4, -0.2) is 25.5 Å². The van der Waals surface area contributed by atoms with E-state index >= 15 is 0 Å². The van der Waals surface area contributed by atoms with Crippen LogP contribution in [0.1, 0.15) is 15.9 Å². The number of carbonyl (C=O) groups is 2. The van der Waals surface area contributed by atoms with Gasteiger partial charge in [0.25, 0.3) is 11.8 Å². The van der Waals surface area contributed by atoms with Crippen molar-refractivity contribution < 1.29 is 14.3 Å². The first-order chi connectivity index (χ1) is 11.1. The molecule has 0 fully saturated rings. The van der Waals surface area contributed by atoms with Gasteiger partial charge in [0.1, 0.15) is 5.75 Å². The number of likely N-dealkylation sites (N-methyl/N-ethyl adjacent to an activating group) is 1. The Labute approximate surface area is 132 Å². The number of nitrogens with zero attached hydrogens (tertiary/aromatic N) is 2. The molecule has 0 unspecified atom stereocenters. The fraction of sp³-hybridized carbons (Fsp3) is 0.118. The van der Waals surface area contributed by atoms with Crippen molar-refractivity contribution in [2.45, 2.75) is 0 Å². The van der Waals surface area contributed by atoms with Crippen molar-refractivity contribution in [2.24, 2.45) is 0 Å². The topological polar surface area (TPSA) is 82.4 Å². The summed E-state index contributed by atoms with van der Waals surface area (Å²) < 4.78 is 5.33. The third-order valence-corrected chi connectivity index (χ3v) is 3.58. The fourth-order valence-corrected chi connectivity index (χ4v) is 2.24. The van der Waals surface area contributed by atoms with E-state index in [0.717, 1.165) is 0 Å². The second-order valence-corrected chi connectivity index (χ2v) is 5.07. The van der Waals surface area contributed by atoms with Crippen molar-refractivity contribution >= 4 is 23.2 Å². The molecule has 0 saturated carbocycles. The van der Waals surface area contributed by atoms with Gasteiger partial charge in [-0.25, -0.2) is 0 Å². The Kier molecular flexibility index (Phi) is 3.69. The lowest BCUT2D eigenvalue weighted by Crippen LogP contribution is -2.35. The summed E-state index contributed by atoms with van der Waals surface area (Å²) in [7, 11) is 1.64. The zero-order chi connectivity index (χ0) is 16.4. The standard InChI is InChI=1S/C17H13N3O3/c1-20-14-8-12(4-7-15(14)23-10-16(20)21)17(22)19-13-5-2-11(9-18)3-6-13/h2-8H,10H2,1H3,(H,19,22). The Bertz CT molecular complexity index is 822. The Morgan fingerprint density at radius 2 is 2.00 bits per heavy atom. The van der Waals surface area contributed by atoms with Gasteiger partial charge < -0.3 is 15.0 Å². The highest BCUT2D eigenvalue weighted by Crippen LogP contribution is 2.32. The van der Waals surface area contributed by atoms with Crippen LogP contribution in [-0.2, 0) is 4.79 Å². The maximum absolute atomic E-state index is 12.3. The van der Waals surface area contributed by atoms with Gasteiger partial charge in [-0.3, -0.25) is 9.59 Å². The minimum Gasteiger partial charge on any atom is -0.482 e. The summed E-state index contributed by atoms with van der Waals surface area (Å²) in [5.41, 5.74) is 2.09. The maximum atomic E-state index is 12.3. The summed E-state index contributed by atoms with van der Waals surface area (Å²) in [5.74, 6) is 0.105. The molecule has 6 heteroatoms. The summed E-state index contributed by atoms with van der Waals surface area (Å²) in [6, 6.07) is 13.5. The number of rotatable bonds is 2. The molecule has 2 aromatic rings. The van der Waals surface area contributed by atoms with E-state index in [9.17, 15) is 9.59 Å². The molecule has 3 rings (SSSR count). The summed E-state index contributed by atoms with van der Waals surface area (Å²) in [6.45, 7) is 0.000282. The number of hydrogen-bond acceptors (Lipinski definition) is 4. The lowest BCUT2D eigenvalue weighted by molar-refractivity contribution is -0.120. The third-order valence-electron chi connectivity index (χ3n) is 3.58. The van der Waals surface area contributed by atoms with Gasteiger partial charge in [-0.2, -0.15) is 5.26 Å². The van der Waals surface area contributed by atoms with E-state index < -0.39 is 0 Å². The normalized spacial score (nSPS) is 12.9. The monoisotopic (exact) mass is 307 g/mol. The minimum absolute atomic E-state index is 0.000282. The van der Waals surface area contributed by atoms with E-state index in [1.54, 1.807) is 49.5 Å². The fourth-order valence-electron chi connectivity index (χ4n) is 2.24. The molecule has 0 aromatic heterocycles. The summed E-state index contributed by atoms with van der Waals surface area (Å²) in [6.07, 6.45) is 0. The summed E-state index contributed by atoms with van der Waals surface area (Å²) in [5, 5.41) is 11.5. The molecule has 2 amide bonds. The highest BCUT2D eigenvalue weighted by Gasteiger charge is 2.23. The van der Waals surface area contributed by atoms with Crippen LogP contribution < -0.4 is 15.0 Å². The van der Waals surface area contributed by atoms with Crippen molar-refractivity contribution in [2.75, 3.05) is 23.9 Å². The van der Waals surface area contributed by atoms with Gasteiger partial charge in [0.05, 0.1) is 17.3 Å². The van der Waals surface area contributed by atoms with E-state index in [0.29, 0.717) is 28.3 Å². The summed E-state index contributed by atoms with van der Waals surface area (Å²) in [4.78, 5) is 25.5. The second-order valence-electron chi connectivity index (χ2n) is 5.07. The molecule has 1 aliphatic rings. The Hall–Kier alpha value is -3.33. The van der Waals surface area contributed by atoms with Gasteiger partial charge in [0.15, 0.2) is 6.61 Å². The van der Waals surface area contributed by atoms with Crippen LogP contribution in [0.2, 0.25) is 0 Å². The Morgan fingerprint density at radius 1 is 1.26 bits per heavy atom. The van der Waals surface area contributed by atoms with E-state index in [4.69, 9.17) is 10.00 Å². The van der Waals surface area contributed by atoms with Crippen LogP contribution >= 0.6 is 0 Å². The minimum atomic E-state index is -0.302. The number of anilines is 2. The van der Waals surface area contributed by atoms with Crippen LogP contribution in [0, 0.1) is 11.3 Å². The van der Waals surface area contributed by atoms with Gasteiger partial charge >= 0.3 is 0 Å². The second kappa shape index (κ2) is 5.81. The highest BCUT2D eigenvalue weighted by molar-refractivity contribution is 6.06. The average Bonchev–Trinajstić information content (AvgIpc) is 2.58. The molecule has 1 heterocycles. The number of fused-ring (bicyclic) bond motifs is 1. The number of benzene rings is 2. The molecular weight excluding hydrogens is 294 g/mol. The number of carbonyl (C=O) groups excluding carboxylic acids is 2. The zero-order valence-electron chi connectivity index (χ0n) is 12.4. The molecule has 23 heavy (non-hydrogen) atoms. The number of nitriles is 1. The molecule has 0 atom stereocenters. The molecule has 0 saturated heterocycles. The zero-order valence-corrected chi connectivity index (χ0v) is 12.4. The van der Waals surface area contributed by atoms with Crippen LogP contribution in [0.4, 0.5) is 11.4 Å². The molecule has 1 N–H and O–H groups in total. The van der Waals surface area contributed by atoms with Gasteiger partial charge in [-0.1, -0.05) is 0 Å². The van der Waals surface area contributed by atoms with Gasteiger partial charge in [0, 0.05) is 18.3 Å². The molecule has 114 valence electrons. The van der Waals surface area contributed by atoms with Crippen LogP contribution in [0.5, 0.6) is 5.75 Å². The number of nitrogens with one attached hydrogen (secondary N) is 1. The number of amides is 2. The van der Waals surface area contributed by atoms with Crippen molar-refractivity contribution in [1.82, 2.24) is 0 Å². The molecule has 0 aliphatic carbocycles. The first kappa shape index (κ1) is 14.6. The van der Waals surface area contributed by atoms with E-state index in [1.165, 1.54) is 4.90 Å². The van der Waals surface area contributed by atoms with Crippen LogP contribution in [0.15, 0.2) is 42.5 Å².